The van der Waals surface area contributed by atoms with Gasteiger partial charge in [-0.15, -0.1) is 11.3 Å². The Kier molecular flexibility index (Phi) is 6.01. The van der Waals surface area contributed by atoms with Crippen molar-refractivity contribution in [3.63, 3.8) is 0 Å². The second-order valence-electron chi connectivity index (χ2n) is 9.46. The summed E-state index contributed by atoms with van der Waals surface area (Å²) in [6.45, 7) is 0. The third kappa shape index (κ3) is 4.32. The molecule has 0 atom stereocenters. The molecule has 0 unspecified atom stereocenters. The van der Waals surface area contributed by atoms with E-state index in [0.717, 1.165) is 33.1 Å². The number of rotatable bonds is 6. The first-order valence-corrected chi connectivity index (χ1v) is 13.7. The van der Waals surface area contributed by atoms with E-state index in [0.29, 0.717) is 5.75 Å². The number of thiophene rings is 1. The van der Waals surface area contributed by atoms with E-state index in [1.54, 1.807) is 0 Å². The van der Waals surface area contributed by atoms with Gasteiger partial charge in [0.1, 0.15) is 5.75 Å². The lowest BCUT2D eigenvalue weighted by Gasteiger charge is -2.08. The van der Waals surface area contributed by atoms with Crippen molar-refractivity contribution < 1.29 is 9.68 Å². The molecule has 1 N–H and O–H groups in total. The number of para-hydroxylation sites is 1. The van der Waals surface area contributed by atoms with Crippen LogP contribution < -0.4 is 4.65 Å². The predicted molar refractivity (Wildman–Crippen MR) is 165 cm³/mol. The Bertz CT molecular complexity index is 1910. The van der Waals surface area contributed by atoms with E-state index in [9.17, 15) is 5.02 Å². The van der Waals surface area contributed by atoms with Gasteiger partial charge in [0.25, 0.3) is 0 Å². The lowest BCUT2D eigenvalue weighted by Crippen LogP contribution is -1.99. The third-order valence-electron chi connectivity index (χ3n) is 7.15. The Morgan fingerprint density at radius 2 is 1.10 bits per heavy atom. The highest BCUT2D eigenvalue weighted by Gasteiger charge is 2.14. The topological polar surface area (TPSA) is 34.4 Å². The van der Waals surface area contributed by atoms with Gasteiger partial charge in [-0.25, -0.2) is 0 Å². The number of aromatic nitrogens is 1. The maximum atomic E-state index is 9.32. The van der Waals surface area contributed by atoms with Crippen LogP contribution in [-0.2, 0) is 0 Å². The fourth-order valence-corrected chi connectivity index (χ4v) is 6.30. The zero-order valence-electron chi connectivity index (χ0n) is 21.1. The van der Waals surface area contributed by atoms with Gasteiger partial charge in [0.05, 0.1) is 11.0 Å². The largest absolute Gasteiger partial charge is 0.539 e. The third-order valence-corrected chi connectivity index (χ3v) is 8.33. The van der Waals surface area contributed by atoms with Crippen molar-refractivity contribution in [1.82, 2.24) is 4.57 Å². The fraction of sp³-hybridized carbons (Fsp3) is 0. The quantitative estimate of drug-likeness (QED) is 0.223. The Morgan fingerprint density at radius 3 is 1.79 bits per heavy atom. The SMILES string of the molecule is OBOc1ccc2c(c1)c1cc(-c3ccc(-c4ccc(-c5ccccc5)s4)cc3)ccc1n2-c1ccccc1. The minimum Gasteiger partial charge on any atom is -0.539 e. The Balaban J connectivity index is 1.29. The molecule has 0 saturated heterocycles. The van der Waals surface area contributed by atoms with Crippen molar-refractivity contribution >= 4 is 40.8 Å². The molecule has 2 aromatic heterocycles. The first-order chi connectivity index (χ1) is 19.3. The van der Waals surface area contributed by atoms with Crippen LogP contribution in [0.25, 0.3) is 59.5 Å². The average molecular weight is 521 g/mol. The highest BCUT2D eigenvalue weighted by Crippen LogP contribution is 2.38. The molecular weight excluding hydrogens is 497 g/mol. The first-order valence-electron chi connectivity index (χ1n) is 12.9. The highest BCUT2D eigenvalue weighted by molar-refractivity contribution is 7.18. The van der Waals surface area contributed by atoms with Gasteiger partial charge in [-0.1, -0.05) is 78.9 Å². The van der Waals surface area contributed by atoms with Crippen LogP contribution in [0.1, 0.15) is 0 Å². The van der Waals surface area contributed by atoms with Crippen LogP contribution in [0.5, 0.6) is 5.75 Å². The summed E-state index contributed by atoms with van der Waals surface area (Å²) in [6.07, 6.45) is 0. The molecule has 5 aromatic carbocycles. The van der Waals surface area contributed by atoms with Crippen LogP contribution in [0.15, 0.2) is 133 Å². The number of hydrogen-bond donors (Lipinski definition) is 1. The maximum Gasteiger partial charge on any atom is 0.504 e. The fourth-order valence-electron chi connectivity index (χ4n) is 5.28. The van der Waals surface area contributed by atoms with Gasteiger partial charge in [-0.05, 0) is 76.9 Å². The molecular formula is C34H24BNO2S. The lowest BCUT2D eigenvalue weighted by molar-refractivity contribution is 0.454. The first kappa shape index (κ1) is 23.5. The molecule has 0 saturated carbocycles. The van der Waals surface area contributed by atoms with Crippen LogP contribution in [0.4, 0.5) is 0 Å². The summed E-state index contributed by atoms with van der Waals surface area (Å²) in [5, 5.41) is 11.5. The van der Waals surface area contributed by atoms with Gasteiger partial charge in [-0.2, -0.15) is 0 Å². The molecule has 0 fully saturated rings. The number of fused-ring (bicyclic) bond motifs is 3. The standard InChI is InChI=1S/C34H24BNO2S/c37-35-38-28-16-18-32-30(22-28)29-21-26(15-17-31(29)36(32)27-9-5-2-6-10-27)23-11-13-25(14-12-23)34-20-19-33(39-34)24-7-3-1-4-8-24/h1-22,35,37H. The summed E-state index contributed by atoms with van der Waals surface area (Å²) in [7, 11) is -0.350. The molecule has 0 spiro atoms. The highest BCUT2D eigenvalue weighted by atomic mass is 32.1. The minimum atomic E-state index is -0.350. The molecule has 39 heavy (non-hydrogen) atoms. The molecule has 0 aliphatic heterocycles. The van der Waals surface area contributed by atoms with E-state index >= 15 is 0 Å². The van der Waals surface area contributed by atoms with E-state index in [1.165, 1.54) is 26.4 Å². The van der Waals surface area contributed by atoms with Gasteiger partial charge in [0.15, 0.2) is 0 Å². The average Bonchev–Trinajstić information content (AvgIpc) is 3.62. The predicted octanol–water partition coefficient (Wildman–Crippen LogP) is 8.48. The monoisotopic (exact) mass is 521 g/mol. The van der Waals surface area contributed by atoms with Gasteiger partial charge >= 0.3 is 7.69 Å². The molecule has 2 heterocycles. The van der Waals surface area contributed by atoms with Gasteiger partial charge in [0, 0.05) is 26.2 Å². The minimum absolute atomic E-state index is 0.350. The van der Waals surface area contributed by atoms with Gasteiger partial charge in [0.2, 0.25) is 0 Å². The van der Waals surface area contributed by atoms with Crippen LogP contribution in [0.3, 0.4) is 0 Å². The van der Waals surface area contributed by atoms with Crippen molar-refractivity contribution in [3.8, 4) is 43.4 Å². The Labute approximate surface area is 231 Å². The van der Waals surface area contributed by atoms with Gasteiger partial charge < -0.3 is 14.2 Å². The Hall–Kier alpha value is -4.58. The summed E-state index contributed by atoms with van der Waals surface area (Å²) in [4.78, 5) is 2.54. The maximum absolute atomic E-state index is 9.32. The zero-order chi connectivity index (χ0) is 26.2. The van der Waals surface area contributed by atoms with Crippen molar-refractivity contribution in [2.45, 2.75) is 0 Å². The van der Waals surface area contributed by atoms with Crippen LogP contribution in [0.2, 0.25) is 0 Å². The zero-order valence-corrected chi connectivity index (χ0v) is 21.9. The van der Waals surface area contributed by atoms with Crippen LogP contribution in [0, 0.1) is 0 Å². The number of benzene rings is 5. The van der Waals surface area contributed by atoms with Crippen molar-refractivity contribution in [3.05, 3.63) is 133 Å². The molecule has 5 heteroatoms. The molecule has 7 rings (SSSR count). The second-order valence-corrected chi connectivity index (χ2v) is 10.5. The molecule has 7 aromatic rings. The summed E-state index contributed by atoms with van der Waals surface area (Å²) in [5.74, 6) is 0.651. The normalized spacial score (nSPS) is 11.2. The van der Waals surface area contributed by atoms with Crippen molar-refractivity contribution in [1.29, 1.82) is 0 Å². The molecule has 3 nitrogen and oxygen atoms in total. The molecule has 0 bridgehead atoms. The molecule has 186 valence electrons. The van der Waals surface area contributed by atoms with E-state index < -0.39 is 0 Å². The van der Waals surface area contributed by atoms with Crippen molar-refractivity contribution in [2.75, 3.05) is 0 Å². The summed E-state index contributed by atoms with van der Waals surface area (Å²) < 4.78 is 7.70. The summed E-state index contributed by atoms with van der Waals surface area (Å²) in [6, 6.07) is 46.8. The number of nitrogens with zero attached hydrogens (tertiary/aromatic N) is 1. The van der Waals surface area contributed by atoms with Gasteiger partial charge in [-0.3, -0.25) is 0 Å². The van der Waals surface area contributed by atoms with E-state index in [-0.39, 0.29) is 7.69 Å². The smallest absolute Gasteiger partial charge is 0.504 e. The van der Waals surface area contributed by atoms with E-state index in [2.05, 4.69) is 120 Å². The Morgan fingerprint density at radius 1 is 0.538 bits per heavy atom. The van der Waals surface area contributed by atoms with E-state index in [1.807, 2.05) is 29.5 Å². The molecule has 0 aliphatic carbocycles. The van der Waals surface area contributed by atoms with Crippen LogP contribution in [-0.4, -0.2) is 17.3 Å². The summed E-state index contributed by atoms with van der Waals surface area (Å²) in [5.41, 5.74) is 8.14. The number of hydrogen-bond acceptors (Lipinski definition) is 3. The molecule has 0 amide bonds. The van der Waals surface area contributed by atoms with Crippen molar-refractivity contribution in [2.24, 2.45) is 0 Å². The second kappa shape index (κ2) is 9.95. The lowest BCUT2D eigenvalue weighted by atomic mass is 10.0. The molecule has 0 aliphatic rings. The summed E-state index contributed by atoms with van der Waals surface area (Å²) >= 11 is 1.82. The van der Waals surface area contributed by atoms with E-state index in [4.69, 9.17) is 4.65 Å². The van der Waals surface area contributed by atoms with Crippen LogP contribution >= 0.6 is 11.3 Å². The molecule has 0 radical (unpaired) electrons.